The number of fused-ring (bicyclic) bond motifs is 1. The van der Waals surface area contributed by atoms with Crippen molar-refractivity contribution in [3.8, 4) is 0 Å². The van der Waals surface area contributed by atoms with Gasteiger partial charge in [-0.05, 0) is 44.4 Å². The second-order valence-electron chi connectivity index (χ2n) is 8.16. The van der Waals surface area contributed by atoms with Gasteiger partial charge in [0, 0.05) is 37.7 Å². The molecule has 0 aromatic carbocycles. The van der Waals surface area contributed by atoms with Gasteiger partial charge in [0.15, 0.2) is 0 Å². The molecule has 1 amide bonds. The zero-order valence-corrected chi connectivity index (χ0v) is 15.8. The number of furan rings is 1. The van der Waals surface area contributed by atoms with Crippen LogP contribution >= 0.6 is 0 Å². The summed E-state index contributed by atoms with van der Waals surface area (Å²) in [4.78, 5) is 19.4. The van der Waals surface area contributed by atoms with Crippen molar-refractivity contribution in [2.75, 3.05) is 24.5 Å². The van der Waals surface area contributed by atoms with Crippen LogP contribution in [0.5, 0.6) is 0 Å². The Bertz CT molecular complexity index is 879. The molecule has 5 heterocycles. The maximum atomic E-state index is 12.5. The lowest BCUT2D eigenvalue weighted by molar-refractivity contribution is 0.0141. The van der Waals surface area contributed by atoms with Crippen LogP contribution in [0.1, 0.15) is 34.5 Å². The van der Waals surface area contributed by atoms with Crippen molar-refractivity contribution < 1.29 is 13.9 Å². The predicted molar refractivity (Wildman–Crippen MR) is 101 cm³/mol. The molecule has 0 aliphatic carbocycles. The van der Waals surface area contributed by atoms with E-state index in [1.54, 1.807) is 12.3 Å². The number of aryl methyl sites for hydroxylation is 2. The first-order valence-electron chi connectivity index (χ1n) is 9.74. The number of anilines is 1. The molecule has 1 spiro atoms. The van der Waals surface area contributed by atoms with E-state index in [0.717, 1.165) is 31.7 Å². The molecule has 27 heavy (non-hydrogen) atoms. The lowest BCUT2D eigenvalue weighted by atomic mass is 9.73. The minimum Gasteiger partial charge on any atom is -0.469 e. The topological polar surface area (TPSA) is 67.6 Å². The normalized spacial score (nSPS) is 31.3. The van der Waals surface area contributed by atoms with Crippen LogP contribution < -0.4 is 10.2 Å². The molecule has 0 unspecified atom stereocenters. The highest BCUT2D eigenvalue weighted by Crippen LogP contribution is 2.55. The van der Waals surface area contributed by atoms with Gasteiger partial charge in [-0.2, -0.15) is 0 Å². The molecule has 3 saturated heterocycles. The summed E-state index contributed by atoms with van der Waals surface area (Å²) in [7, 11) is 0. The van der Waals surface area contributed by atoms with Crippen molar-refractivity contribution in [3.05, 3.63) is 47.5 Å². The van der Waals surface area contributed by atoms with Crippen molar-refractivity contribution in [3.63, 3.8) is 0 Å². The Morgan fingerprint density at radius 1 is 1.41 bits per heavy atom. The number of hydrogen-bond donors (Lipinski definition) is 1. The molecule has 3 aliphatic heterocycles. The SMILES string of the molecule is Cc1cccnc1N1C[C@@H]2[C@H](CNC(=O)c3ccoc3C)[C@H]3CC[C@]2(C1)O3. The standard InChI is InChI=1S/C21H25N3O3/c1-13-4-3-8-22-19(13)24-11-17-16(18-5-7-21(17,12-24)27-18)10-23-20(25)15-6-9-26-14(15)2/h3-4,6,8-9,16-18H,5,7,10-12H2,1-2H3,(H,23,25)/t16-,17+,18+,21+/m0/s1. The van der Waals surface area contributed by atoms with E-state index in [2.05, 4.69) is 28.2 Å². The summed E-state index contributed by atoms with van der Waals surface area (Å²) >= 11 is 0. The summed E-state index contributed by atoms with van der Waals surface area (Å²) in [6.07, 6.45) is 5.86. The van der Waals surface area contributed by atoms with Crippen LogP contribution in [0.15, 0.2) is 35.1 Å². The van der Waals surface area contributed by atoms with E-state index in [-0.39, 0.29) is 17.6 Å². The molecule has 142 valence electrons. The first kappa shape index (κ1) is 16.8. The summed E-state index contributed by atoms with van der Waals surface area (Å²) in [5, 5.41) is 3.11. The van der Waals surface area contributed by atoms with Crippen molar-refractivity contribution in [2.45, 2.75) is 38.4 Å². The van der Waals surface area contributed by atoms with E-state index in [1.165, 1.54) is 5.56 Å². The van der Waals surface area contributed by atoms with Crippen molar-refractivity contribution in [2.24, 2.45) is 11.8 Å². The zero-order valence-electron chi connectivity index (χ0n) is 15.8. The lowest BCUT2D eigenvalue weighted by Crippen LogP contribution is -2.41. The van der Waals surface area contributed by atoms with E-state index >= 15 is 0 Å². The van der Waals surface area contributed by atoms with Gasteiger partial charge in [0.2, 0.25) is 0 Å². The van der Waals surface area contributed by atoms with Crippen LogP contribution in [-0.4, -0.2) is 42.2 Å². The van der Waals surface area contributed by atoms with E-state index in [0.29, 0.717) is 29.7 Å². The Balaban J connectivity index is 1.32. The Morgan fingerprint density at radius 2 is 2.30 bits per heavy atom. The number of pyridine rings is 1. The number of hydrogen-bond acceptors (Lipinski definition) is 5. The van der Waals surface area contributed by atoms with Crippen molar-refractivity contribution in [1.29, 1.82) is 0 Å². The second kappa shape index (κ2) is 6.09. The minimum absolute atomic E-state index is 0.0616. The summed E-state index contributed by atoms with van der Waals surface area (Å²) < 4.78 is 11.7. The zero-order chi connectivity index (χ0) is 18.6. The highest BCUT2D eigenvalue weighted by Gasteiger charge is 2.63. The monoisotopic (exact) mass is 367 g/mol. The Labute approximate surface area is 158 Å². The molecule has 2 aromatic rings. The van der Waals surface area contributed by atoms with E-state index < -0.39 is 0 Å². The third-order valence-corrected chi connectivity index (χ3v) is 6.67. The van der Waals surface area contributed by atoms with E-state index in [1.807, 2.05) is 19.2 Å². The highest BCUT2D eigenvalue weighted by atomic mass is 16.5. The average molecular weight is 367 g/mol. The lowest BCUT2D eigenvalue weighted by Gasteiger charge is -2.29. The van der Waals surface area contributed by atoms with Crippen molar-refractivity contribution in [1.82, 2.24) is 10.3 Å². The number of rotatable bonds is 4. The first-order chi connectivity index (χ1) is 13.1. The minimum atomic E-state index is -0.0738. The van der Waals surface area contributed by atoms with Crippen LogP contribution in [0.25, 0.3) is 0 Å². The highest BCUT2D eigenvalue weighted by molar-refractivity contribution is 5.95. The third-order valence-electron chi connectivity index (χ3n) is 6.67. The predicted octanol–water partition coefficient (Wildman–Crippen LogP) is 2.71. The third kappa shape index (κ3) is 2.57. The van der Waals surface area contributed by atoms with Gasteiger partial charge >= 0.3 is 0 Å². The van der Waals surface area contributed by atoms with Crippen LogP contribution in [0.4, 0.5) is 5.82 Å². The number of nitrogens with one attached hydrogen (secondary N) is 1. The fourth-order valence-electron chi connectivity index (χ4n) is 5.36. The van der Waals surface area contributed by atoms with Crippen LogP contribution in [-0.2, 0) is 4.74 Å². The molecule has 2 bridgehead atoms. The summed E-state index contributed by atoms with van der Waals surface area (Å²) in [5.41, 5.74) is 1.74. The maximum absolute atomic E-state index is 12.5. The number of ether oxygens (including phenoxy) is 1. The Morgan fingerprint density at radius 3 is 3.07 bits per heavy atom. The molecular formula is C21H25N3O3. The quantitative estimate of drug-likeness (QED) is 0.900. The molecule has 1 N–H and O–H groups in total. The van der Waals surface area contributed by atoms with E-state index in [9.17, 15) is 4.79 Å². The van der Waals surface area contributed by atoms with E-state index in [4.69, 9.17) is 9.15 Å². The number of amides is 1. The fourth-order valence-corrected chi connectivity index (χ4v) is 5.36. The maximum Gasteiger partial charge on any atom is 0.254 e. The van der Waals surface area contributed by atoms with Crippen molar-refractivity contribution >= 4 is 11.7 Å². The largest absolute Gasteiger partial charge is 0.469 e. The van der Waals surface area contributed by atoms with Gasteiger partial charge < -0.3 is 19.4 Å². The molecule has 3 fully saturated rings. The number of carbonyl (C=O) groups excluding carboxylic acids is 1. The molecule has 5 rings (SSSR count). The first-order valence-corrected chi connectivity index (χ1v) is 9.74. The molecule has 3 aliphatic rings. The number of aromatic nitrogens is 1. The van der Waals surface area contributed by atoms with Gasteiger partial charge in [-0.15, -0.1) is 0 Å². The molecule has 4 atom stereocenters. The van der Waals surface area contributed by atoms with Gasteiger partial charge in [-0.25, -0.2) is 4.98 Å². The summed E-state index contributed by atoms with van der Waals surface area (Å²) in [6, 6.07) is 5.81. The second-order valence-corrected chi connectivity index (χ2v) is 8.16. The number of nitrogens with zero attached hydrogens (tertiary/aromatic N) is 2. The van der Waals surface area contributed by atoms with Crippen LogP contribution in [0.2, 0.25) is 0 Å². The van der Waals surface area contributed by atoms with Crippen LogP contribution in [0, 0.1) is 25.7 Å². The van der Waals surface area contributed by atoms with Gasteiger partial charge in [-0.1, -0.05) is 6.07 Å². The Hall–Kier alpha value is -2.34. The smallest absolute Gasteiger partial charge is 0.254 e. The Kier molecular flexibility index (Phi) is 3.79. The van der Waals surface area contributed by atoms with Gasteiger partial charge in [0.05, 0.1) is 23.5 Å². The fraction of sp³-hybridized carbons (Fsp3) is 0.524. The molecule has 2 aromatic heterocycles. The van der Waals surface area contributed by atoms with Gasteiger partial charge in [0.1, 0.15) is 11.6 Å². The molecule has 0 saturated carbocycles. The number of carbonyl (C=O) groups is 1. The van der Waals surface area contributed by atoms with Gasteiger partial charge in [0.25, 0.3) is 5.91 Å². The average Bonchev–Trinajstić information content (AvgIpc) is 3.40. The molecular weight excluding hydrogens is 342 g/mol. The molecule has 0 radical (unpaired) electrons. The summed E-state index contributed by atoms with van der Waals surface area (Å²) in [5.74, 6) is 2.44. The van der Waals surface area contributed by atoms with Crippen LogP contribution in [0.3, 0.4) is 0 Å². The van der Waals surface area contributed by atoms with Gasteiger partial charge in [-0.3, -0.25) is 4.79 Å². The molecule has 6 heteroatoms. The summed E-state index contributed by atoms with van der Waals surface area (Å²) in [6.45, 7) is 6.42. The molecule has 6 nitrogen and oxygen atoms in total.